The molecular weight excluding hydrogens is 304 g/mol. The molecule has 6 heteroatoms. The Labute approximate surface area is 141 Å². The Hall–Kier alpha value is -2.63. The first-order chi connectivity index (χ1) is 11.8. The van der Waals surface area contributed by atoms with Gasteiger partial charge in [0.15, 0.2) is 0 Å². The number of para-hydroxylation sites is 1. The number of benzene rings is 1. The maximum Gasteiger partial charge on any atom is 0.270 e. The van der Waals surface area contributed by atoms with E-state index >= 15 is 0 Å². The minimum atomic E-state index is -0.173. The van der Waals surface area contributed by atoms with Crippen molar-refractivity contribution in [3.05, 3.63) is 47.9 Å². The second-order valence-corrected chi connectivity index (χ2v) is 5.77. The first-order valence-electron chi connectivity index (χ1n) is 8.25. The lowest BCUT2D eigenvalue weighted by Crippen LogP contribution is -2.27. The average Bonchev–Trinajstić information content (AvgIpc) is 3.17. The maximum atomic E-state index is 12.3. The van der Waals surface area contributed by atoms with Crippen LogP contribution in [-0.2, 0) is 6.42 Å². The predicted molar refractivity (Wildman–Crippen MR) is 92.5 cm³/mol. The first-order valence-corrected chi connectivity index (χ1v) is 8.25. The van der Waals surface area contributed by atoms with E-state index < -0.39 is 0 Å². The van der Waals surface area contributed by atoms with Crippen LogP contribution in [0.1, 0.15) is 28.9 Å². The zero-order valence-corrected chi connectivity index (χ0v) is 13.9. The van der Waals surface area contributed by atoms with Gasteiger partial charge in [-0.1, -0.05) is 18.2 Å². The molecule has 0 saturated carbocycles. The first kappa shape index (κ1) is 16.2. The Bertz CT molecular complexity index is 699. The van der Waals surface area contributed by atoms with Gasteiger partial charge in [0, 0.05) is 25.7 Å². The van der Waals surface area contributed by atoms with Crippen molar-refractivity contribution in [1.82, 2.24) is 15.3 Å². The maximum absolute atomic E-state index is 12.3. The minimum absolute atomic E-state index is 0.173. The molecule has 1 aliphatic heterocycles. The minimum Gasteiger partial charge on any atom is -0.496 e. The van der Waals surface area contributed by atoms with Gasteiger partial charge >= 0.3 is 0 Å². The standard InChI is InChI=1S/C18H22N4O2/c1-24-16-7-3-2-6-14(16)8-9-19-18(23)15-12-17(21-13-20-15)22-10-4-5-11-22/h2-3,6-7,12-13H,4-5,8-11H2,1H3,(H,19,23). The van der Waals surface area contributed by atoms with Gasteiger partial charge in [-0.3, -0.25) is 4.79 Å². The van der Waals surface area contributed by atoms with E-state index in [2.05, 4.69) is 20.2 Å². The van der Waals surface area contributed by atoms with Crippen LogP contribution in [0.2, 0.25) is 0 Å². The lowest BCUT2D eigenvalue weighted by molar-refractivity contribution is 0.0949. The van der Waals surface area contributed by atoms with Crippen molar-refractivity contribution in [2.45, 2.75) is 19.3 Å². The van der Waals surface area contributed by atoms with Crippen LogP contribution in [0.5, 0.6) is 5.75 Å². The molecule has 6 nitrogen and oxygen atoms in total. The summed E-state index contributed by atoms with van der Waals surface area (Å²) in [6.07, 6.45) is 4.51. The molecule has 1 N–H and O–H groups in total. The fourth-order valence-corrected chi connectivity index (χ4v) is 2.90. The second kappa shape index (κ2) is 7.77. The number of nitrogens with zero attached hydrogens (tertiary/aromatic N) is 3. The number of hydrogen-bond donors (Lipinski definition) is 1. The fourth-order valence-electron chi connectivity index (χ4n) is 2.90. The molecule has 24 heavy (non-hydrogen) atoms. The molecule has 2 aromatic rings. The number of carbonyl (C=O) groups excluding carboxylic acids is 1. The number of hydrogen-bond acceptors (Lipinski definition) is 5. The lowest BCUT2D eigenvalue weighted by Gasteiger charge is -2.16. The summed E-state index contributed by atoms with van der Waals surface area (Å²) in [5, 5.41) is 2.91. The average molecular weight is 326 g/mol. The summed E-state index contributed by atoms with van der Waals surface area (Å²) in [5.41, 5.74) is 1.48. The highest BCUT2D eigenvalue weighted by molar-refractivity contribution is 5.92. The van der Waals surface area contributed by atoms with Crippen molar-refractivity contribution in [2.24, 2.45) is 0 Å². The van der Waals surface area contributed by atoms with E-state index in [1.807, 2.05) is 24.3 Å². The third kappa shape index (κ3) is 3.82. The van der Waals surface area contributed by atoms with Crippen LogP contribution in [0.3, 0.4) is 0 Å². The van der Waals surface area contributed by atoms with E-state index in [0.29, 0.717) is 18.7 Å². The van der Waals surface area contributed by atoms with Gasteiger partial charge in [-0.15, -0.1) is 0 Å². The summed E-state index contributed by atoms with van der Waals surface area (Å²) < 4.78 is 5.32. The molecule has 1 saturated heterocycles. The number of ether oxygens (including phenoxy) is 1. The zero-order valence-electron chi connectivity index (χ0n) is 13.9. The summed E-state index contributed by atoms with van der Waals surface area (Å²) in [7, 11) is 1.65. The molecule has 0 unspecified atom stereocenters. The predicted octanol–water partition coefficient (Wildman–Crippen LogP) is 2.06. The molecule has 0 bridgehead atoms. The van der Waals surface area contributed by atoms with Crippen molar-refractivity contribution in [2.75, 3.05) is 31.6 Å². The van der Waals surface area contributed by atoms with Gasteiger partial charge in [-0.25, -0.2) is 9.97 Å². The summed E-state index contributed by atoms with van der Waals surface area (Å²) in [6.45, 7) is 2.51. The van der Waals surface area contributed by atoms with E-state index in [0.717, 1.165) is 30.2 Å². The monoisotopic (exact) mass is 326 g/mol. The molecule has 1 aromatic heterocycles. The van der Waals surface area contributed by atoms with Crippen molar-refractivity contribution in [3.8, 4) is 5.75 Å². The molecular formula is C18H22N4O2. The number of anilines is 1. The zero-order chi connectivity index (χ0) is 16.8. The normalized spacial score (nSPS) is 13.8. The van der Waals surface area contributed by atoms with Gasteiger partial charge in [0.1, 0.15) is 23.6 Å². The van der Waals surface area contributed by atoms with Crippen molar-refractivity contribution in [3.63, 3.8) is 0 Å². The molecule has 0 radical (unpaired) electrons. The fraction of sp³-hybridized carbons (Fsp3) is 0.389. The van der Waals surface area contributed by atoms with Crippen LogP contribution in [0.15, 0.2) is 36.7 Å². The van der Waals surface area contributed by atoms with Crippen LogP contribution in [0.4, 0.5) is 5.82 Å². The van der Waals surface area contributed by atoms with E-state index in [4.69, 9.17) is 4.74 Å². The number of methoxy groups -OCH3 is 1. The topological polar surface area (TPSA) is 67.3 Å². The summed E-state index contributed by atoms with van der Waals surface area (Å²) in [4.78, 5) is 22.9. The molecule has 0 spiro atoms. The van der Waals surface area contributed by atoms with E-state index in [9.17, 15) is 4.79 Å². The highest BCUT2D eigenvalue weighted by atomic mass is 16.5. The number of carbonyl (C=O) groups is 1. The highest BCUT2D eigenvalue weighted by Crippen LogP contribution is 2.18. The second-order valence-electron chi connectivity index (χ2n) is 5.77. The Kier molecular flexibility index (Phi) is 5.25. The van der Waals surface area contributed by atoms with Gasteiger partial charge in [-0.2, -0.15) is 0 Å². The molecule has 1 fully saturated rings. The largest absolute Gasteiger partial charge is 0.496 e. The van der Waals surface area contributed by atoms with E-state index in [-0.39, 0.29) is 5.91 Å². The molecule has 0 aliphatic carbocycles. The van der Waals surface area contributed by atoms with E-state index in [1.165, 1.54) is 19.2 Å². The number of nitrogens with one attached hydrogen (secondary N) is 1. The SMILES string of the molecule is COc1ccccc1CCNC(=O)c1cc(N2CCCC2)ncn1. The quantitative estimate of drug-likeness (QED) is 0.880. The van der Waals surface area contributed by atoms with Crippen molar-refractivity contribution < 1.29 is 9.53 Å². The molecule has 3 rings (SSSR count). The molecule has 126 valence electrons. The van der Waals surface area contributed by atoms with Crippen LogP contribution < -0.4 is 15.0 Å². The molecule has 1 aromatic carbocycles. The van der Waals surface area contributed by atoms with Crippen LogP contribution >= 0.6 is 0 Å². The Morgan fingerprint density at radius 2 is 2.04 bits per heavy atom. The highest BCUT2D eigenvalue weighted by Gasteiger charge is 2.16. The van der Waals surface area contributed by atoms with Gasteiger partial charge in [-0.05, 0) is 30.9 Å². The summed E-state index contributed by atoms with van der Waals surface area (Å²) >= 11 is 0. The number of amides is 1. The molecule has 1 aliphatic rings. The third-order valence-corrected chi connectivity index (χ3v) is 4.19. The Morgan fingerprint density at radius 1 is 1.25 bits per heavy atom. The van der Waals surface area contributed by atoms with Crippen LogP contribution in [-0.4, -0.2) is 42.6 Å². The molecule has 0 atom stereocenters. The van der Waals surface area contributed by atoms with E-state index in [1.54, 1.807) is 13.2 Å². The molecule has 1 amide bonds. The van der Waals surface area contributed by atoms with Crippen LogP contribution in [0.25, 0.3) is 0 Å². The summed E-state index contributed by atoms with van der Waals surface area (Å²) in [5.74, 6) is 1.50. The van der Waals surface area contributed by atoms with Gasteiger partial charge < -0.3 is 15.0 Å². The van der Waals surface area contributed by atoms with Gasteiger partial charge in [0.25, 0.3) is 5.91 Å². The van der Waals surface area contributed by atoms with Crippen LogP contribution in [0, 0.1) is 0 Å². The van der Waals surface area contributed by atoms with Crippen molar-refractivity contribution >= 4 is 11.7 Å². The number of rotatable bonds is 6. The smallest absolute Gasteiger partial charge is 0.270 e. The summed E-state index contributed by atoms with van der Waals surface area (Å²) in [6, 6.07) is 9.59. The molecule has 2 heterocycles. The number of aromatic nitrogens is 2. The third-order valence-electron chi connectivity index (χ3n) is 4.19. The lowest BCUT2D eigenvalue weighted by atomic mass is 10.1. The Morgan fingerprint density at radius 3 is 2.83 bits per heavy atom. The van der Waals surface area contributed by atoms with Crippen molar-refractivity contribution in [1.29, 1.82) is 0 Å². The Balaban J connectivity index is 1.58. The van der Waals surface area contributed by atoms with Gasteiger partial charge in [0.2, 0.25) is 0 Å². The van der Waals surface area contributed by atoms with Gasteiger partial charge in [0.05, 0.1) is 7.11 Å².